The van der Waals surface area contributed by atoms with Crippen LogP contribution in [0.25, 0.3) is 11.2 Å². The molecule has 3 rings (SSSR count). The lowest BCUT2D eigenvalue weighted by molar-refractivity contribution is 0.493. The number of aryl methyl sites for hydroxylation is 3. The van der Waals surface area contributed by atoms with Crippen LogP contribution in [0.1, 0.15) is 64.6 Å². The fourth-order valence-electron chi connectivity index (χ4n) is 4.11. The summed E-state index contributed by atoms with van der Waals surface area (Å²) in [6.07, 6.45) is 8.91. The van der Waals surface area contributed by atoms with Gasteiger partial charge >= 0.3 is 5.69 Å². The molecule has 6 nitrogen and oxygen atoms in total. The molecular formula is C19H30N4O2. The van der Waals surface area contributed by atoms with Crippen molar-refractivity contribution in [2.45, 2.75) is 78.3 Å². The molecule has 0 atom stereocenters. The largest absolute Gasteiger partial charge is 0.332 e. The minimum absolute atomic E-state index is 0.198. The van der Waals surface area contributed by atoms with E-state index < -0.39 is 0 Å². The van der Waals surface area contributed by atoms with Gasteiger partial charge in [-0.3, -0.25) is 13.9 Å². The lowest BCUT2D eigenvalue weighted by atomic mass is 10.0. The highest BCUT2D eigenvalue weighted by Crippen LogP contribution is 2.28. The summed E-state index contributed by atoms with van der Waals surface area (Å²) in [5.41, 5.74) is 0.717. The second kappa shape index (κ2) is 7.58. The van der Waals surface area contributed by atoms with Crippen molar-refractivity contribution >= 4 is 11.2 Å². The smallest absolute Gasteiger partial charge is 0.325 e. The molecule has 0 bridgehead atoms. The van der Waals surface area contributed by atoms with Crippen molar-refractivity contribution in [1.29, 1.82) is 0 Å². The minimum atomic E-state index is -0.221. The van der Waals surface area contributed by atoms with Gasteiger partial charge in [0, 0.05) is 26.6 Å². The van der Waals surface area contributed by atoms with Crippen LogP contribution >= 0.6 is 0 Å². The van der Waals surface area contributed by atoms with Crippen LogP contribution in [-0.2, 0) is 26.6 Å². The Morgan fingerprint density at radius 2 is 1.68 bits per heavy atom. The molecule has 2 aromatic rings. The average molecular weight is 346 g/mol. The van der Waals surface area contributed by atoms with Gasteiger partial charge in [0.05, 0.1) is 0 Å². The van der Waals surface area contributed by atoms with Crippen LogP contribution in [-0.4, -0.2) is 18.7 Å². The molecule has 0 N–H and O–H groups in total. The molecule has 0 unspecified atom stereocenters. The van der Waals surface area contributed by atoms with Gasteiger partial charge in [-0.05, 0) is 25.2 Å². The third kappa shape index (κ3) is 3.31. The quantitative estimate of drug-likeness (QED) is 0.774. The van der Waals surface area contributed by atoms with E-state index in [9.17, 15) is 9.59 Å². The normalized spacial score (nSPS) is 15.5. The fraction of sp³-hybridized carbons (Fsp3) is 0.737. The summed E-state index contributed by atoms with van der Waals surface area (Å²) in [6.45, 7) is 5.08. The van der Waals surface area contributed by atoms with Crippen LogP contribution in [0.15, 0.2) is 9.59 Å². The molecule has 0 saturated heterocycles. The number of rotatable bonds is 7. The van der Waals surface area contributed by atoms with Gasteiger partial charge in [0.25, 0.3) is 5.56 Å². The van der Waals surface area contributed by atoms with Gasteiger partial charge in [-0.2, -0.15) is 0 Å². The lowest BCUT2D eigenvalue weighted by Gasteiger charge is -2.10. The number of fused-ring (bicyclic) bond motifs is 1. The summed E-state index contributed by atoms with van der Waals surface area (Å²) < 4.78 is 4.98. The zero-order valence-electron chi connectivity index (χ0n) is 15.8. The molecule has 2 heterocycles. The molecule has 0 aromatic carbocycles. The summed E-state index contributed by atoms with van der Waals surface area (Å²) >= 11 is 0. The second-order valence-electron chi connectivity index (χ2n) is 7.34. The highest BCUT2D eigenvalue weighted by atomic mass is 16.2. The van der Waals surface area contributed by atoms with E-state index in [2.05, 4.69) is 0 Å². The zero-order valence-corrected chi connectivity index (χ0v) is 15.8. The van der Waals surface area contributed by atoms with Crippen LogP contribution in [0.2, 0.25) is 0 Å². The van der Waals surface area contributed by atoms with E-state index in [1.807, 2.05) is 25.5 Å². The number of imidazole rings is 1. The Morgan fingerprint density at radius 3 is 2.32 bits per heavy atom. The molecule has 6 heteroatoms. The molecule has 1 fully saturated rings. The van der Waals surface area contributed by atoms with Crippen molar-refractivity contribution in [3.8, 4) is 0 Å². The average Bonchev–Trinajstić information content (AvgIpc) is 3.22. The predicted molar refractivity (Wildman–Crippen MR) is 100 cm³/mol. The number of aromatic nitrogens is 4. The van der Waals surface area contributed by atoms with Crippen molar-refractivity contribution in [1.82, 2.24) is 18.7 Å². The van der Waals surface area contributed by atoms with Crippen LogP contribution in [0, 0.1) is 5.92 Å². The first kappa shape index (κ1) is 18.0. The third-order valence-corrected chi connectivity index (χ3v) is 5.48. The molecule has 2 aromatic heterocycles. The number of hydrogen-bond acceptors (Lipinski definition) is 3. The second-order valence-corrected chi connectivity index (χ2v) is 7.34. The molecule has 1 saturated carbocycles. The van der Waals surface area contributed by atoms with Gasteiger partial charge in [-0.15, -0.1) is 0 Å². The Labute approximate surface area is 148 Å². The summed E-state index contributed by atoms with van der Waals surface area (Å²) in [6, 6.07) is 0. The lowest BCUT2D eigenvalue weighted by Crippen LogP contribution is -2.40. The fourth-order valence-corrected chi connectivity index (χ4v) is 4.11. The summed E-state index contributed by atoms with van der Waals surface area (Å²) in [5.74, 6) is 1.71. The molecule has 0 aliphatic heterocycles. The zero-order chi connectivity index (χ0) is 18.0. The standard InChI is InChI=1S/C19H30N4O2/c1-4-12-22-17-16(18(24)23(13-5-2)19(22)25)21(3)15(20-17)11-10-14-8-6-7-9-14/h14H,4-13H2,1-3H3. The van der Waals surface area contributed by atoms with Crippen molar-refractivity contribution < 1.29 is 0 Å². The van der Waals surface area contributed by atoms with Crippen LogP contribution in [0.5, 0.6) is 0 Å². The Balaban J connectivity index is 2.07. The first-order chi connectivity index (χ1) is 12.1. The van der Waals surface area contributed by atoms with Crippen LogP contribution < -0.4 is 11.2 Å². The molecule has 1 aliphatic carbocycles. The highest BCUT2D eigenvalue weighted by molar-refractivity contribution is 5.71. The number of nitrogens with zero attached hydrogens (tertiary/aromatic N) is 4. The Kier molecular flexibility index (Phi) is 5.45. The van der Waals surface area contributed by atoms with Gasteiger partial charge in [0.1, 0.15) is 5.82 Å². The molecule has 25 heavy (non-hydrogen) atoms. The summed E-state index contributed by atoms with van der Waals surface area (Å²) in [4.78, 5) is 30.4. The van der Waals surface area contributed by atoms with E-state index in [1.165, 1.54) is 30.3 Å². The van der Waals surface area contributed by atoms with Gasteiger partial charge in [-0.1, -0.05) is 39.5 Å². The molecule has 138 valence electrons. The first-order valence-corrected chi connectivity index (χ1v) is 9.77. The maximum absolute atomic E-state index is 12.9. The maximum Gasteiger partial charge on any atom is 0.332 e. The molecular weight excluding hydrogens is 316 g/mol. The number of hydrogen-bond donors (Lipinski definition) is 0. The highest BCUT2D eigenvalue weighted by Gasteiger charge is 2.21. The summed E-state index contributed by atoms with van der Waals surface area (Å²) in [7, 11) is 1.91. The topological polar surface area (TPSA) is 61.8 Å². The Bertz CT molecular complexity index is 853. The van der Waals surface area contributed by atoms with E-state index in [-0.39, 0.29) is 11.2 Å². The third-order valence-electron chi connectivity index (χ3n) is 5.48. The first-order valence-electron chi connectivity index (χ1n) is 9.77. The van der Waals surface area contributed by atoms with Crippen molar-refractivity contribution in [2.24, 2.45) is 13.0 Å². The van der Waals surface area contributed by atoms with Gasteiger partial charge in [0.2, 0.25) is 0 Å². The van der Waals surface area contributed by atoms with E-state index >= 15 is 0 Å². The van der Waals surface area contributed by atoms with Crippen LogP contribution in [0.4, 0.5) is 0 Å². The van der Waals surface area contributed by atoms with Gasteiger partial charge in [-0.25, -0.2) is 9.78 Å². The molecule has 0 radical (unpaired) electrons. The Morgan fingerprint density at radius 1 is 1.04 bits per heavy atom. The molecule has 0 spiro atoms. The SMILES string of the molecule is CCCn1c(=O)c2c(nc(CCC3CCCC3)n2C)n(CCC)c1=O. The van der Waals surface area contributed by atoms with Crippen molar-refractivity contribution in [3.63, 3.8) is 0 Å². The monoisotopic (exact) mass is 346 g/mol. The van der Waals surface area contributed by atoms with Crippen LogP contribution in [0.3, 0.4) is 0 Å². The van der Waals surface area contributed by atoms with Gasteiger partial charge in [0.15, 0.2) is 11.2 Å². The van der Waals surface area contributed by atoms with E-state index in [4.69, 9.17) is 4.98 Å². The predicted octanol–water partition coefficient (Wildman–Crippen LogP) is 2.84. The summed E-state index contributed by atoms with van der Waals surface area (Å²) in [5, 5.41) is 0. The van der Waals surface area contributed by atoms with Crippen molar-refractivity contribution in [2.75, 3.05) is 0 Å². The minimum Gasteiger partial charge on any atom is -0.325 e. The van der Waals surface area contributed by atoms with E-state index in [0.717, 1.165) is 37.4 Å². The maximum atomic E-state index is 12.9. The molecule has 0 amide bonds. The Hall–Kier alpha value is -1.85. The van der Waals surface area contributed by atoms with Crippen molar-refractivity contribution in [3.05, 3.63) is 26.7 Å². The van der Waals surface area contributed by atoms with E-state index in [1.54, 1.807) is 4.57 Å². The van der Waals surface area contributed by atoms with Gasteiger partial charge < -0.3 is 4.57 Å². The molecule has 1 aliphatic rings. The van der Waals surface area contributed by atoms with E-state index in [0.29, 0.717) is 24.3 Å².